The highest BCUT2D eigenvalue weighted by molar-refractivity contribution is 5.73. The molecule has 76 valence electrons. The Morgan fingerprint density at radius 2 is 2.54 bits per heavy atom. The minimum absolute atomic E-state index is 0.0508. The molecular formula is C8H15NO4. The molecule has 0 aromatic heterocycles. The topological polar surface area (TPSA) is 81.8 Å². The fourth-order valence-corrected chi connectivity index (χ4v) is 1.17. The molecule has 1 saturated heterocycles. The quantitative estimate of drug-likeness (QED) is 0.614. The van der Waals surface area contributed by atoms with Gasteiger partial charge in [0.05, 0.1) is 19.3 Å². The van der Waals surface area contributed by atoms with Crippen molar-refractivity contribution >= 4 is 5.97 Å². The summed E-state index contributed by atoms with van der Waals surface area (Å²) in [4.78, 5) is 10.3. The summed E-state index contributed by atoms with van der Waals surface area (Å²) in [6.45, 7) is 1.27. The first kappa shape index (κ1) is 10.4. The first-order valence-electron chi connectivity index (χ1n) is 4.38. The summed E-state index contributed by atoms with van der Waals surface area (Å²) in [5.74, 6) is -1.03. The zero-order valence-electron chi connectivity index (χ0n) is 7.44. The minimum Gasteiger partial charge on any atom is -0.480 e. The molecule has 5 nitrogen and oxygen atoms in total. The van der Waals surface area contributed by atoms with Crippen molar-refractivity contribution in [3.63, 3.8) is 0 Å². The van der Waals surface area contributed by atoms with Crippen LogP contribution in [-0.2, 0) is 14.3 Å². The zero-order valence-corrected chi connectivity index (χ0v) is 7.44. The molecule has 0 radical (unpaired) electrons. The maximum absolute atomic E-state index is 10.3. The molecule has 1 heterocycles. The van der Waals surface area contributed by atoms with Crippen molar-refractivity contribution in [2.24, 2.45) is 5.73 Å². The van der Waals surface area contributed by atoms with E-state index in [9.17, 15) is 4.79 Å². The maximum Gasteiger partial charge on any atom is 0.322 e. The van der Waals surface area contributed by atoms with E-state index in [4.69, 9.17) is 20.3 Å². The zero-order chi connectivity index (χ0) is 9.68. The summed E-state index contributed by atoms with van der Waals surface area (Å²) >= 11 is 0. The fraction of sp³-hybridized carbons (Fsp3) is 0.875. The predicted octanol–water partition coefficient (Wildman–Crippen LogP) is -0.406. The Bertz CT molecular complexity index is 168. The Balaban J connectivity index is 2.02. The lowest BCUT2D eigenvalue weighted by molar-refractivity contribution is -0.140. The molecule has 1 rings (SSSR count). The van der Waals surface area contributed by atoms with Crippen LogP contribution in [0.4, 0.5) is 0 Å². The summed E-state index contributed by atoms with van der Waals surface area (Å²) in [6, 6.07) is -0.929. The van der Waals surface area contributed by atoms with E-state index in [-0.39, 0.29) is 12.7 Å². The lowest BCUT2D eigenvalue weighted by atomic mass is 10.2. The highest BCUT2D eigenvalue weighted by Crippen LogP contribution is 2.11. The fourth-order valence-electron chi connectivity index (χ4n) is 1.17. The largest absolute Gasteiger partial charge is 0.480 e. The van der Waals surface area contributed by atoms with E-state index in [2.05, 4.69) is 0 Å². The van der Waals surface area contributed by atoms with Crippen molar-refractivity contribution in [3.8, 4) is 0 Å². The third kappa shape index (κ3) is 3.71. The van der Waals surface area contributed by atoms with E-state index in [0.29, 0.717) is 6.61 Å². The van der Waals surface area contributed by atoms with Crippen LogP contribution in [0.2, 0.25) is 0 Å². The van der Waals surface area contributed by atoms with Gasteiger partial charge >= 0.3 is 5.97 Å². The number of aliphatic carboxylic acids is 1. The number of nitrogens with two attached hydrogens (primary N) is 1. The summed E-state index contributed by atoms with van der Waals surface area (Å²) in [6.07, 6.45) is 2.17. The molecule has 0 aliphatic carbocycles. The van der Waals surface area contributed by atoms with Crippen LogP contribution in [0, 0.1) is 0 Å². The van der Waals surface area contributed by atoms with Crippen molar-refractivity contribution in [1.29, 1.82) is 0 Å². The second-order valence-electron chi connectivity index (χ2n) is 3.12. The van der Waals surface area contributed by atoms with Crippen molar-refractivity contribution in [3.05, 3.63) is 0 Å². The van der Waals surface area contributed by atoms with Gasteiger partial charge in [0.2, 0.25) is 0 Å². The van der Waals surface area contributed by atoms with Crippen LogP contribution < -0.4 is 5.73 Å². The molecule has 0 saturated carbocycles. The second-order valence-corrected chi connectivity index (χ2v) is 3.12. The van der Waals surface area contributed by atoms with Crippen molar-refractivity contribution in [1.82, 2.24) is 0 Å². The lowest BCUT2D eigenvalue weighted by Gasteiger charge is -2.11. The third-order valence-corrected chi connectivity index (χ3v) is 1.94. The van der Waals surface area contributed by atoms with E-state index in [1.165, 1.54) is 0 Å². The van der Waals surface area contributed by atoms with E-state index < -0.39 is 12.0 Å². The number of hydrogen-bond donors (Lipinski definition) is 2. The van der Waals surface area contributed by atoms with Crippen LogP contribution in [0.5, 0.6) is 0 Å². The molecule has 3 N–H and O–H groups in total. The average molecular weight is 189 g/mol. The van der Waals surface area contributed by atoms with Crippen molar-refractivity contribution in [2.75, 3.05) is 19.8 Å². The van der Waals surface area contributed by atoms with Gasteiger partial charge < -0.3 is 20.3 Å². The standard InChI is InChI=1S/C8H15NO4/c9-7(8(10)11)5-12-4-6-2-1-3-13-6/h6-7H,1-5,9H2,(H,10,11). The first-order valence-corrected chi connectivity index (χ1v) is 4.38. The van der Waals surface area contributed by atoms with Gasteiger partial charge in [-0.05, 0) is 12.8 Å². The number of rotatable bonds is 5. The van der Waals surface area contributed by atoms with Gasteiger partial charge in [0.25, 0.3) is 0 Å². The van der Waals surface area contributed by atoms with Gasteiger partial charge in [-0.15, -0.1) is 0 Å². The predicted molar refractivity (Wildman–Crippen MR) is 45.4 cm³/mol. The Morgan fingerprint density at radius 1 is 1.77 bits per heavy atom. The van der Waals surface area contributed by atoms with Crippen molar-refractivity contribution in [2.45, 2.75) is 25.0 Å². The summed E-state index contributed by atoms with van der Waals surface area (Å²) in [5, 5.41) is 8.44. The molecule has 2 atom stereocenters. The van der Waals surface area contributed by atoms with Crippen LogP contribution in [0.25, 0.3) is 0 Å². The number of carboxylic acid groups (broad SMARTS) is 1. The highest BCUT2D eigenvalue weighted by Gasteiger charge is 2.17. The van der Waals surface area contributed by atoms with Crippen LogP contribution in [0.3, 0.4) is 0 Å². The normalized spacial score (nSPS) is 24.5. The van der Waals surface area contributed by atoms with Crippen LogP contribution in [-0.4, -0.2) is 43.0 Å². The lowest BCUT2D eigenvalue weighted by Crippen LogP contribution is -2.35. The molecule has 1 aliphatic heterocycles. The average Bonchev–Trinajstić information content (AvgIpc) is 2.56. The van der Waals surface area contributed by atoms with Crippen LogP contribution in [0.1, 0.15) is 12.8 Å². The second kappa shape index (κ2) is 5.16. The molecular weight excluding hydrogens is 174 g/mol. The first-order chi connectivity index (χ1) is 6.20. The molecule has 1 fully saturated rings. The Hall–Kier alpha value is -0.650. The molecule has 0 bridgehead atoms. The number of carboxylic acids is 1. The molecule has 5 heteroatoms. The number of ether oxygens (including phenoxy) is 2. The van der Waals surface area contributed by atoms with Crippen LogP contribution in [0.15, 0.2) is 0 Å². The molecule has 2 unspecified atom stereocenters. The molecule has 0 spiro atoms. The summed E-state index contributed by atoms with van der Waals surface area (Å²) in [7, 11) is 0. The molecule has 0 amide bonds. The molecule has 0 aromatic rings. The van der Waals surface area contributed by atoms with E-state index in [0.717, 1.165) is 19.4 Å². The molecule has 0 aromatic carbocycles. The Kier molecular flexibility index (Phi) is 4.14. The highest BCUT2D eigenvalue weighted by atomic mass is 16.5. The smallest absolute Gasteiger partial charge is 0.322 e. The molecule has 1 aliphatic rings. The Labute approximate surface area is 76.8 Å². The van der Waals surface area contributed by atoms with Gasteiger partial charge in [0.15, 0.2) is 0 Å². The van der Waals surface area contributed by atoms with E-state index in [1.54, 1.807) is 0 Å². The van der Waals surface area contributed by atoms with E-state index >= 15 is 0 Å². The molecule has 13 heavy (non-hydrogen) atoms. The van der Waals surface area contributed by atoms with Crippen molar-refractivity contribution < 1.29 is 19.4 Å². The maximum atomic E-state index is 10.3. The summed E-state index contributed by atoms with van der Waals surface area (Å²) < 4.78 is 10.4. The van der Waals surface area contributed by atoms with Gasteiger partial charge in [-0.2, -0.15) is 0 Å². The van der Waals surface area contributed by atoms with Gasteiger partial charge in [-0.25, -0.2) is 0 Å². The SMILES string of the molecule is NC(COCC1CCCO1)C(=O)O. The third-order valence-electron chi connectivity index (χ3n) is 1.94. The van der Waals surface area contributed by atoms with Gasteiger partial charge in [-0.1, -0.05) is 0 Å². The van der Waals surface area contributed by atoms with E-state index in [1.807, 2.05) is 0 Å². The van der Waals surface area contributed by atoms with Gasteiger partial charge in [0, 0.05) is 6.61 Å². The Morgan fingerprint density at radius 3 is 3.08 bits per heavy atom. The van der Waals surface area contributed by atoms with Gasteiger partial charge in [-0.3, -0.25) is 4.79 Å². The van der Waals surface area contributed by atoms with Gasteiger partial charge in [0.1, 0.15) is 6.04 Å². The number of hydrogen-bond acceptors (Lipinski definition) is 4. The van der Waals surface area contributed by atoms with Crippen LogP contribution >= 0.6 is 0 Å². The number of carbonyl (C=O) groups is 1. The monoisotopic (exact) mass is 189 g/mol. The minimum atomic E-state index is -1.03. The summed E-state index contributed by atoms with van der Waals surface area (Å²) in [5.41, 5.74) is 5.24.